The van der Waals surface area contributed by atoms with Crippen molar-refractivity contribution in [2.75, 3.05) is 0 Å². The Morgan fingerprint density at radius 1 is 1.10 bits per heavy atom. The smallest absolute Gasteiger partial charge is 0.433 e. The van der Waals surface area contributed by atoms with Crippen LogP contribution in [0.2, 0.25) is 0 Å². The largest absolute Gasteiger partial charge is 0.464 e. The number of ether oxygens (including phenoxy) is 1. The van der Waals surface area contributed by atoms with Crippen LogP contribution in [0.1, 0.15) is 22.4 Å². The molecule has 152 valence electrons. The zero-order valence-electron chi connectivity index (χ0n) is 15.2. The Kier molecular flexibility index (Phi) is 6.16. The van der Waals surface area contributed by atoms with E-state index in [0.29, 0.717) is 6.54 Å². The zero-order chi connectivity index (χ0) is 20.9. The second kappa shape index (κ2) is 8.76. The average Bonchev–Trinajstić information content (AvgIpc) is 3.14. The number of hydrogen-bond acceptors (Lipinski definition) is 4. The van der Waals surface area contributed by atoms with Gasteiger partial charge in [-0.25, -0.2) is 0 Å². The summed E-state index contributed by atoms with van der Waals surface area (Å²) in [6, 6.07) is 12.1. The van der Waals surface area contributed by atoms with E-state index in [0.717, 1.165) is 17.3 Å². The van der Waals surface area contributed by atoms with Crippen molar-refractivity contribution in [3.05, 3.63) is 87.6 Å². The minimum absolute atomic E-state index is 0.0653. The summed E-state index contributed by atoms with van der Waals surface area (Å²) in [6.45, 7) is 0.631. The van der Waals surface area contributed by atoms with E-state index in [4.69, 9.17) is 4.74 Å². The van der Waals surface area contributed by atoms with Gasteiger partial charge >= 0.3 is 6.18 Å². The van der Waals surface area contributed by atoms with Crippen LogP contribution in [0.5, 0.6) is 0 Å². The van der Waals surface area contributed by atoms with E-state index in [1.807, 2.05) is 17.2 Å². The Morgan fingerprint density at radius 2 is 1.83 bits per heavy atom. The lowest BCUT2D eigenvalue weighted by atomic mass is 10.0. The Bertz CT molecular complexity index is 1010. The summed E-state index contributed by atoms with van der Waals surface area (Å²) >= 11 is 0. The van der Waals surface area contributed by atoms with Gasteiger partial charge in [-0.2, -0.15) is 18.3 Å². The zero-order valence-corrected chi connectivity index (χ0v) is 15.2. The van der Waals surface area contributed by atoms with Gasteiger partial charge in [0.05, 0.1) is 12.7 Å². The van der Waals surface area contributed by atoms with Gasteiger partial charge in [-0.3, -0.25) is 14.7 Å². The molecule has 9 heteroatoms. The molecule has 0 saturated heterocycles. The number of halogens is 3. The van der Waals surface area contributed by atoms with Crippen LogP contribution in [0, 0.1) is 0 Å². The SMILES string of the molecule is O=COC(Cc1ccc(Cn2ccccc2=O)cc1)Cc1cn[nH]c1C(F)(F)F. The molecule has 2 heterocycles. The highest BCUT2D eigenvalue weighted by atomic mass is 19.4. The maximum atomic E-state index is 13.0. The molecule has 6 nitrogen and oxygen atoms in total. The number of carbonyl (C=O) groups is 1. The van der Waals surface area contributed by atoms with E-state index >= 15 is 0 Å². The molecule has 1 atom stereocenters. The molecule has 29 heavy (non-hydrogen) atoms. The number of rotatable bonds is 8. The molecule has 0 fully saturated rings. The van der Waals surface area contributed by atoms with E-state index in [1.54, 1.807) is 35.0 Å². The molecule has 1 unspecified atom stereocenters. The molecule has 0 saturated carbocycles. The van der Waals surface area contributed by atoms with Crippen LogP contribution >= 0.6 is 0 Å². The Morgan fingerprint density at radius 3 is 2.48 bits per heavy atom. The molecular weight excluding hydrogens is 387 g/mol. The molecule has 0 amide bonds. The Balaban J connectivity index is 1.69. The maximum absolute atomic E-state index is 13.0. The summed E-state index contributed by atoms with van der Waals surface area (Å²) in [5.41, 5.74) is 0.559. The molecule has 3 rings (SSSR count). The maximum Gasteiger partial charge on any atom is 0.433 e. The summed E-state index contributed by atoms with van der Waals surface area (Å²) in [4.78, 5) is 22.6. The second-order valence-electron chi connectivity index (χ2n) is 6.51. The minimum Gasteiger partial charge on any atom is -0.464 e. The van der Waals surface area contributed by atoms with Crippen LogP contribution in [-0.2, 0) is 35.1 Å². The second-order valence-corrected chi connectivity index (χ2v) is 6.51. The first-order valence-electron chi connectivity index (χ1n) is 8.78. The van der Waals surface area contributed by atoms with Crippen molar-refractivity contribution in [1.29, 1.82) is 0 Å². The molecule has 0 bridgehead atoms. The molecule has 0 aliphatic carbocycles. The summed E-state index contributed by atoms with van der Waals surface area (Å²) in [5.74, 6) is 0. The monoisotopic (exact) mass is 405 g/mol. The highest BCUT2D eigenvalue weighted by Gasteiger charge is 2.36. The fourth-order valence-electron chi connectivity index (χ4n) is 3.04. The number of aromatic amines is 1. The number of alkyl halides is 3. The molecule has 1 N–H and O–H groups in total. The third kappa shape index (κ3) is 5.34. The van der Waals surface area contributed by atoms with Crippen molar-refractivity contribution in [3.63, 3.8) is 0 Å². The van der Waals surface area contributed by atoms with Gasteiger partial charge in [0.1, 0.15) is 11.8 Å². The third-order valence-corrected chi connectivity index (χ3v) is 4.44. The minimum atomic E-state index is -4.56. The van der Waals surface area contributed by atoms with Crippen molar-refractivity contribution in [1.82, 2.24) is 14.8 Å². The molecule has 2 aromatic heterocycles. The third-order valence-electron chi connectivity index (χ3n) is 4.44. The number of benzene rings is 1. The first-order valence-corrected chi connectivity index (χ1v) is 8.78. The van der Waals surface area contributed by atoms with Crippen molar-refractivity contribution in [3.8, 4) is 0 Å². The number of nitrogens with zero attached hydrogens (tertiary/aromatic N) is 2. The van der Waals surface area contributed by atoms with Crippen LogP contribution in [-0.4, -0.2) is 27.3 Å². The van der Waals surface area contributed by atoms with Crippen molar-refractivity contribution >= 4 is 6.47 Å². The molecule has 1 aromatic carbocycles. The quantitative estimate of drug-likeness (QED) is 0.585. The molecule has 0 spiro atoms. The van der Waals surface area contributed by atoms with Gasteiger partial charge in [-0.1, -0.05) is 30.3 Å². The normalized spacial score (nSPS) is 12.5. The van der Waals surface area contributed by atoms with Crippen LogP contribution < -0.4 is 5.56 Å². The standard InChI is InChI=1S/C20H18F3N3O3/c21-20(22,23)19-16(11-24-25-19)10-17(29-13-27)9-14-4-6-15(7-5-14)12-26-8-2-1-3-18(26)28/h1-8,11,13,17H,9-10,12H2,(H,24,25). The van der Waals surface area contributed by atoms with Crippen LogP contribution in [0.4, 0.5) is 13.2 Å². The summed E-state index contributed by atoms with van der Waals surface area (Å²) < 4.78 is 45.5. The predicted molar refractivity (Wildman–Crippen MR) is 98.2 cm³/mol. The topological polar surface area (TPSA) is 77.0 Å². The van der Waals surface area contributed by atoms with Gasteiger partial charge in [0, 0.05) is 30.7 Å². The van der Waals surface area contributed by atoms with E-state index in [2.05, 4.69) is 5.10 Å². The lowest BCUT2D eigenvalue weighted by molar-refractivity contribution is -0.142. The Hall–Kier alpha value is -3.36. The summed E-state index contributed by atoms with van der Waals surface area (Å²) in [5, 5.41) is 5.40. The van der Waals surface area contributed by atoms with Crippen molar-refractivity contribution in [2.24, 2.45) is 0 Å². The number of hydrogen-bond donors (Lipinski definition) is 1. The van der Waals surface area contributed by atoms with E-state index in [-0.39, 0.29) is 30.4 Å². The van der Waals surface area contributed by atoms with Gasteiger partial charge in [-0.05, 0) is 17.2 Å². The lowest BCUT2D eigenvalue weighted by Gasteiger charge is -2.16. The summed E-state index contributed by atoms with van der Waals surface area (Å²) in [6.07, 6.45) is -2.43. The van der Waals surface area contributed by atoms with Crippen LogP contribution in [0.3, 0.4) is 0 Å². The molecule has 0 aliphatic heterocycles. The van der Waals surface area contributed by atoms with Gasteiger partial charge in [0.2, 0.25) is 0 Å². The highest BCUT2D eigenvalue weighted by Crippen LogP contribution is 2.31. The van der Waals surface area contributed by atoms with Gasteiger partial charge < -0.3 is 9.30 Å². The summed E-state index contributed by atoms with van der Waals surface area (Å²) in [7, 11) is 0. The van der Waals surface area contributed by atoms with Crippen LogP contribution in [0.25, 0.3) is 0 Å². The number of carbonyl (C=O) groups excluding carboxylic acids is 1. The van der Waals surface area contributed by atoms with E-state index in [1.165, 1.54) is 6.07 Å². The highest BCUT2D eigenvalue weighted by molar-refractivity contribution is 5.38. The molecule has 0 radical (unpaired) electrons. The fourth-order valence-corrected chi connectivity index (χ4v) is 3.04. The van der Waals surface area contributed by atoms with E-state index < -0.39 is 18.0 Å². The number of pyridine rings is 1. The number of aromatic nitrogens is 3. The first kappa shape index (κ1) is 20.4. The van der Waals surface area contributed by atoms with Crippen LogP contribution in [0.15, 0.2) is 59.7 Å². The molecule has 0 aliphatic rings. The van der Waals surface area contributed by atoms with Gasteiger partial charge in [0.15, 0.2) is 0 Å². The van der Waals surface area contributed by atoms with E-state index in [9.17, 15) is 22.8 Å². The van der Waals surface area contributed by atoms with Gasteiger partial charge in [-0.15, -0.1) is 0 Å². The fraction of sp³-hybridized carbons (Fsp3) is 0.250. The predicted octanol–water partition coefficient (Wildman–Crippen LogP) is 2.97. The number of H-pyrrole nitrogens is 1. The molecule has 3 aromatic rings. The number of nitrogens with one attached hydrogen (secondary N) is 1. The molecular formula is C20H18F3N3O3. The van der Waals surface area contributed by atoms with Crippen molar-refractivity contribution < 1.29 is 22.7 Å². The first-order chi connectivity index (χ1) is 13.9. The van der Waals surface area contributed by atoms with Crippen molar-refractivity contribution in [2.45, 2.75) is 31.7 Å². The lowest BCUT2D eigenvalue weighted by Crippen LogP contribution is -2.21. The average molecular weight is 405 g/mol. The Labute approximate surface area is 163 Å². The van der Waals surface area contributed by atoms with Gasteiger partial charge in [0.25, 0.3) is 12.0 Å².